The zero-order valence-corrected chi connectivity index (χ0v) is 22.0. The molecule has 0 aromatic carbocycles. The second-order valence-electron chi connectivity index (χ2n) is 11.5. The third-order valence-corrected chi connectivity index (χ3v) is 8.34. The number of halogens is 5. The number of amides is 2. The molecular formula is C27H29F5N6O3. The standard InChI is InChI=1S/C27H29F5N6O3/c28-26(29)7-1-2-15(10-26)23(35-25(40)19-13-41-37-22(19)14-3-4-14)20-12-38-21(34-20)6-5-18(36-38)9-16-8-17(27(30,31)32)11-33-24(16)39/h5-6,12-17,23H,1-4,7-11H2,(H,33,39)(H,35,40)/t15-,16?,17-,23?/m0/s1. The molecule has 0 radical (unpaired) electrons. The number of fused-ring (bicyclic) bond motifs is 1. The van der Waals surface area contributed by atoms with Crippen LogP contribution in [0.3, 0.4) is 0 Å². The summed E-state index contributed by atoms with van der Waals surface area (Å²) in [6.45, 7) is -0.444. The number of piperidine rings is 1. The molecule has 1 aliphatic heterocycles. The van der Waals surface area contributed by atoms with E-state index in [2.05, 4.69) is 25.9 Å². The maximum Gasteiger partial charge on any atom is 0.393 e. The maximum absolute atomic E-state index is 14.5. The molecule has 41 heavy (non-hydrogen) atoms. The van der Waals surface area contributed by atoms with Gasteiger partial charge in [0.05, 0.1) is 35.2 Å². The summed E-state index contributed by atoms with van der Waals surface area (Å²) in [6.07, 6.45) is -0.0499. The van der Waals surface area contributed by atoms with E-state index in [-0.39, 0.29) is 30.7 Å². The monoisotopic (exact) mass is 580 g/mol. The van der Waals surface area contributed by atoms with Gasteiger partial charge in [0.2, 0.25) is 11.8 Å². The molecule has 2 N–H and O–H groups in total. The molecule has 2 aliphatic carbocycles. The maximum atomic E-state index is 14.5. The van der Waals surface area contributed by atoms with Crippen molar-refractivity contribution in [2.24, 2.45) is 17.8 Å². The summed E-state index contributed by atoms with van der Waals surface area (Å²) in [5.41, 5.74) is 1.91. The number of nitrogens with zero attached hydrogens (tertiary/aromatic N) is 4. The number of carbonyl (C=O) groups excluding carboxylic acids is 2. The van der Waals surface area contributed by atoms with Crippen molar-refractivity contribution in [1.29, 1.82) is 0 Å². The average Bonchev–Trinajstić information content (AvgIpc) is 3.47. The molecule has 2 unspecified atom stereocenters. The Balaban J connectivity index is 1.26. The number of imidazole rings is 1. The largest absolute Gasteiger partial charge is 0.393 e. The minimum absolute atomic E-state index is 0.00564. The first kappa shape index (κ1) is 27.6. The summed E-state index contributed by atoms with van der Waals surface area (Å²) in [4.78, 5) is 30.1. The molecule has 3 fully saturated rings. The van der Waals surface area contributed by atoms with Crippen LogP contribution < -0.4 is 10.6 Å². The van der Waals surface area contributed by atoms with Crippen LogP contribution in [0.1, 0.15) is 84.3 Å². The highest BCUT2D eigenvalue weighted by atomic mass is 19.4. The van der Waals surface area contributed by atoms with Gasteiger partial charge < -0.3 is 15.2 Å². The van der Waals surface area contributed by atoms with E-state index in [1.165, 1.54) is 17.0 Å². The van der Waals surface area contributed by atoms with E-state index < -0.39 is 60.7 Å². The van der Waals surface area contributed by atoms with Gasteiger partial charge in [-0.15, -0.1) is 0 Å². The fourth-order valence-corrected chi connectivity index (χ4v) is 5.99. The van der Waals surface area contributed by atoms with E-state index in [1.54, 1.807) is 12.1 Å². The Morgan fingerprint density at radius 2 is 2.05 bits per heavy atom. The van der Waals surface area contributed by atoms with Gasteiger partial charge in [-0.1, -0.05) is 5.16 Å². The van der Waals surface area contributed by atoms with E-state index >= 15 is 0 Å². The Morgan fingerprint density at radius 3 is 2.78 bits per heavy atom. The van der Waals surface area contributed by atoms with Gasteiger partial charge in [0, 0.05) is 37.6 Å². The first-order valence-electron chi connectivity index (χ1n) is 13.8. The van der Waals surface area contributed by atoms with Gasteiger partial charge >= 0.3 is 6.18 Å². The number of hydrogen-bond acceptors (Lipinski definition) is 6. The Hall–Kier alpha value is -3.58. The first-order valence-corrected chi connectivity index (χ1v) is 13.8. The average molecular weight is 581 g/mol. The zero-order chi connectivity index (χ0) is 28.9. The van der Waals surface area contributed by atoms with Gasteiger partial charge in [-0.05, 0) is 50.2 Å². The molecule has 2 amide bonds. The van der Waals surface area contributed by atoms with Crippen LogP contribution in [-0.4, -0.2) is 50.2 Å². The Kier molecular flexibility index (Phi) is 6.97. The van der Waals surface area contributed by atoms with Crippen molar-refractivity contribution in [2.75, 3.05) is 6.54 Å². The number of alkyl halides is 5. The molecule has 6 rings (SSSR count). The third-order valence-electron chi connectivity index (χ3n) is 8.34. The van der Waals surface area contributed by atoms with Crippen molar-refractivity contribution >= 4 is 17.5 Å². The second kappa shape index (κ2) is 10.4. The lowest BCUT2D eigenvalue weighted by molar-refractivity contribution is -0.183. The van der Waals surface area contributed by atoms with Crippen molar-refractivity contribution in [2.45, 2.75) is 75.4 Å². The molecule has 2 saturated carbocycles. The number of rotatable bonds is 7. The van der Waals surface area contributed by atoms with E-state index in [0.717, 1.165) is 12.8 Å². The fourth-order valence-electron chi connectivity index (χ4n) is 5.99. The van der Waals surface area contributed by atoms with Gasteiger partial charge in [-0.2, -0.15) is 18.3 Å². The zero-order valence-electron chi connectivity index (χ0n) is 22.0. The lowest BCUT2D eigenvalue weighted by Gasteiger charge is -2.34. The van der Waals surface area contributed by atoms with Gasteiger partial charge in [0.1, 0.15) is 11.8 Å². The van der Waals surface area contributed by atoms with E-state index in [4.69, 9.17) is 4.52 Å². The van der Waals surface area contributed by atoms with Crippen LogP contribution in [0.5, 0.6) is 0 Å². The molecule has 0 bridgehead atoms. The van der Waals surface area contributed by atoms with Crippen LogP contribution in [-0.2, 0) is 11.2 Å². The summed E-state index contributed by atoms with van der Waals surface area (Å²) in [6, 6.07) is 2.34. The van der Waals surface area contributed by atoms with Crippen LogP contribution in [0.2, 0.25) is 0 Å². The number of aromatic nitrogens is 4. The van der Waals surface area contributed by atoms with Crippen molar-refractivity contribution in [3.05, 3.63) is 47.2 Å². The number of hydrogen-bond donors (Lipinski definition) is 2. The molecular weight excluding hydrogens is 551 g/mol. The lowest BCUT2D eigenvalue weighted by atomic mass is 9.80. The molecule has 9 nitrogen and oxygen atoms in total. The Labute approximate surface area is 231 Å². The molecule has 3 aliphatic rings. The molecule has 3 aromatic heterocycles. The Morgan fingerprint density at radius 1 is 1.24 bits per heavy atom. The van der Waals surface area contributed by atoms with Gasteiger partial charge in [0.15, 0.2) is 5.65 Å². The van der Waals surface area contributed by atoms with Gasteiger partial charge in [-0.25, -0.2) is 18.3 Å². The van der Waals surface area contributed by atoms with Crippen LogP contribution in [0.25, 0.3) is 5.65 Å². The highest BCUT2D eigenvalue weighted by Gasteiger charge is 2.45. The summed E-state index contributed by atoms with van der Waals surface area (Å²) in [7, 11) is 0. The third kappa shape index (κ3) is 5.91. The predicted octanol–water partition coefficient (Wildman–Crippen LogP) is 4.75. The molecule has 1 saturated heterocycles. The Bertz CT molecular complexity index is 1450. The van der Waals surface area contributed by atoms with Gasteiger partial charge in [-0.3, -0.25) is 9.59 Å². The summed E-state index contributed by atoms with van der Waals surface area (Å²) in [5, 5.41) is 13.6. The van der Waals surface area contributed by atoms with Crippen LogP contribution in [0.4, 0.5) is 22.0 Å². The summed E-state index contributed by atoms with van der Waals surface area (Å²) >= 11 is 0. The van der Waals surface area contributed by atoms with Gasteiger partial charge in [0.25, 0.3) is 5.91 Å². The molecule has 220 valence electrons. The van der Waals surface area contributed by atoms with Crippen LogP contribution in [0, 0.1) is 17.8 Å². The van der Waals surface area contributed by atoms with Crippen LogP contribution in [0.15, 0.2) is 29.1 Å². The number of carbonyl (C=O) groups is 2. The summed E-state index contributed by atoms with van der Waals surface area (Å²) in [5.74, 6) is -6.80. The van der Waals surface area contributed by atoms with E-state index in [0.29, 0.717) is 35.6 Å². The predicted molar refractivity (Wildman–Crippen MR) is 133 cm³/mol. The van der Waals surface area contributed by atoms with E-state index in [1.807, 2.05) is 0 Å². The minimum atomic E-state index is -4.41. The van der Waals surface area contributed by atoms with Crippen LogP contribution >= 0.6 is 0 Å². The highest BCUT2D eigenvalue weighted by Crippen LogP contribution is 2.43. The highest BCUT2D eigenvalue weighted by molar-refractivity contribution is 5.95. The van der Waals surface area contributed by atoms with Crippen molar-refractivity contribution in [3.8, 4) is 0 Å². The molecule has 14 heteroatoms. The topological polar surface area (TPSA) is 114 Å². The minimum Gasteiger partial charge on any atom is -0.364 e. The molecule has 4 heterocycles. The SMILES string of the molecule is O=C(NC(c1cn2nc(CC3C[C@H](C(F)(F)F)CNC3=O)ccc2n1)[C@H]1CCCC(F)(F)C1)c1conc1C1CC1. The molecule has 3 aromatic rings. The normalized spacial score (nSPS) is 25.6. The summed E-state index contributed by atoms with van der Waals surface area (Å²) < 4.78 is 75.1. The molecule has 0 spiro atoms. The molecule has 4 atom stereocenters. The second-order valence-corrected chi connectivity index (χ2v) is 11.5. The number of nitrogens with one attached hydrogen (secondary N) is 2. The fraction of sp³-hybridized carbons (Fsp3) is 0.593. The lowest BCUT2D eigenvalue weighted by Crippen LogP contribution is -2.47. The van der Waals surface area contributed by atoms with Crippen molar-refractivity contribution in [3.63, 3.8) is 0 Å². The van der Waals surface area contributed by atoms with Crippen molar-refractivity contribution < 1.29 is 36.1 Å². The smallest absolute Gasteiger partial charge is 0.364 e. The quantitative estimate of drug-likeness (QED) is 0.390. The van der Waals surface area contributed by atoms with Crippen molar-refractivity contribution in [1.82, 2.24) is 30.4 Å². The van der Waals surface area contributed by atoms with E-state index in [9.17, 15) is 31.5 Å². The first-order chi connectivity index (χ1) is 19.5.